The maximum atomic E-state index is 11.3. The second-order valence-corrected chi connectivity index (χ2v) is 5.95. The van der Waals surface area contributed by atoms with E-state index in [1.54, 1.807) is 6.92 Å². The molecule has 2 rings (SSSR count). The SMILES string of the molecule is Cc1nc2c(S(C)(=O)=O)ncnc2s1. The minimum Gasteiger partial charge on any atom is -0.237 e. The summed E-state index contributed by atoms with van der Waals surface area (Å²) >= 11 is 1.36. The van der Waals surface area contributed by atoms with Crippen LogP contribution in [0.25, 0.3) is 10.3 Å². The van der Waals surface area contributed by atoms with Gasteiger partial charge in [0.05, 0.1) is 5.01 Å². The molecule has 0 amide bonds. The Kier molecular flexibility index (Phi) is 2.00. The Morgan fingerprint density at radius 2 is 2.07 bits per heavy atom. The summed E-state index contributed by atoms with van der Waals surface area (Å²) in [6.07, 6.45) is 2.36. The fourth-order valence-corrected chi connectivity index (χ4v) is 2.66. The first-order valence-corrected chi connectivity index (χ1v) is 6.47. The smallest absolute Gasteiger partial charge is 0.195 e. The van der Waals surface area contributed by atoms with Crippen LogP contribution in [0, 0.1) is 6.92 Å². The molecule has 2 aromatic heterocycles. The number of nitrogens with zero attached hydrogens (tertiary/aromatic N) is 3. The van der Waals surface area contributed by atoms with E-state index in [4.69, 9.17) is 0 Å². The van der Waals surface area contributed by atoms with Crippen molar-refractivity contribution in [3.8, 4) is 0 Å². The summed E-state index contributed by atoms with van der Waals surface area (Å²) in [5, 5.41) is 0.789. The summed E-state index contributed by atoms with van der Waals surface area (Å²) in [5.41, 5.74) is 0.373. The minimum atomic E-state index is -3.32. The predicted molar refractivity (Wildman–Crippen MR) is 53.1 cm³/mol. The van der Waals surface area contributed by atoms with Gasteiger partial charge in [0.1, 0.15) is 16.7 Å². The quantitative estimate of drug-likeness (QED) is 0.676. The van der Waals surface area contributed by atoms with Crippen molar-refractivity contribution in [3.05, 3.63) is 11.3 Å². The second-order valence-electron chi connectivity index (χ2n) is 2.84. The van der Waals surface area contributed by atoms with Gasteiger partial charge >= 0.3 is 0 Å². The van der Waals surface area contributed by atoms with Crippen LogP contribution in [0.2, 0.25) is 0 Å². The zero-order valence-electron chi connectivity index (χ0n) is 7.55. The fourth-order valence-electron chi connectivity index (χ4n) is 1.11. The normalized spacial score (nSPS) is 12.1. The van der Waals surface area contributed by atoms with E-state index in [2.05, 4.69) is 15.0 Å². The lowest BCUT2D eigenvalue weighted by Gasteiger charge is -1.95. The molecule has 14 heavy (non-hydrogen) atoms. The molecular weight excluding hydrogens is 222 g/mol. The van der Waals surface area contributed by atoms with Crippen LogP contribution in [0.1, 0.15) is 5.01 Å². The Labute approximate surface area is 84.8 Å². The van der Waals surface area contributed by atoms with Gasteiger partial charge in [-0.15, -0.1) is 0 Å². The molecule has 2 aromatic rings. The molecule has 0 aliphatic heterocycles. The Morgan fingerprint density at radius 1 is 1.36 bits per heavy atom. The van der Waals surface area contributed by atoms with Crippen LogP contribution < -0.4 is 0 Å². The van der Waals surface area contributed by atoms with Crippen LogP contribution in [0.5, 0.6) is 0 Å². The highest BCUT2D eigenvalue weighted by atomic mass is 32.2. The van der Waals surface area contributed by atoms with Crippen LogP contribution in [-0.4, -0.2) is 29.6 Å². The topological polar surface area (TPSA) is 72.8 Å². The van der Waals surface area contributed by atoms with E-state index >= 15 is 0 Å². The lowest BCUT2D eigenvalue weighted by Crippen LogP contribution is -2.01. The van der Waals surface area contributed by atoms with E-state index in [1.807, 2.05) is 0 Å². The summed E-state index contributed by atoms with van der Waals surface area (Å²) in [6, 6.07) is 0. The summed E-state index contributed by atoms with van der Waals surface area (Å²) in [7, 11) is -3.32. The first-order valence-electron chi connectivity index (χ1n) is 3.76. The van der Waals surface area contributed by atoms with Crippen LogP contribution in [0.3, 0.4) is 0 Å². The molecule has 0 aliphatic carbocycles. The van der Waals surface area contributed by atoms with Crippen molar-refractivity contribution >= 4 is 31.5 Å². The number of rotatable bonds is 1. The third kappa shape index (κ3) is 1.48. The highest BCUT2D eigenvalue weighted by molar-refractivity contribution is 7.90. The third-order valence-corrected chi connectivity index (χ3v) is 3.50. The predicted octanol–water partition coefficient (Wildman–Crippen LogP) is 0.798. The minimum absolute atomic E-state index is 0.00634. The summed E-state index contributed by atoms with van der Waals surface area (Å²) in [6.45, 7) is 1.80. The Hall–Kier alpha value is -1.08. The second kappa shape index (κ2) is 2.96. The van der Waals surface area contributed by atoms with Crippen molar-refractivity contribution in [2.75, 3.05) is 6.26 Å². The van der Waals surface area contributed by atoms with E-state index in [1.165, 1.54) is 17.7 Å². The fraction of sp³-hybridized carbons (Fsp3) is 0.286. The molecule has 0 bridgehead atoms. The van der Waals surface area contributed by atoms with E-state index in [0.29, 0.717) is 10.3 Å². The number of hydrogen-bond acceptors (Lipinski definition) is 6. The average Bonchev–Trinajstić information content (AvgIpc) is 2.41. The van der Waals surface area contributed by atoms with E-state index in [-0.39, 0.29) is 5.03 Å². The molecule has 0 unspecified atom stereocenters. The van der Waals surface area contributed by atoms with Gasteiger partial charge in [-0.25, -0.2) is 23.4 Å². The first-order chi connectivity index (χ1) is 6.48. The Morgan fingerprint density at radius 3 is 2.71 bits per heavy atom. The summed E-state index contributed by atoms with van der Waals surface area (Å²) in [4.78, 5) is 12.4. The van der Waals surface area contributed by atoms with Crippen molar-refractivity contribution in [2.45, 2.75) is 11.9 Å². The number of sulfone groups is 1. The zero-order valence-corrected chi connectivity index (χ0v) is 9.18. The number of thiazole rings is 1. The Bertz CT molecular complexity index is 588. The van der Waals surface area contributed by atoms with Crippen molar-refractivity contribution in [3.63, 3.8) is 0 Å². The molecule has 7 heteroatoms. The van der Waals surface area contributed by atoms with Crippen LogP contribution in [0.4, 0.5) is 0 Å². The summed E-state index contributed by atoms with van der Waals surface area (Å²) in [5.74, 6) is 0. The van der Waals surface area contributed by atoms with Crippen molar-refractivity contribution in [1.82, 2.24) is 15.0 Å². The number of fused-ring (bicyclic) bond motifs is 1. The molecule has 0 atom stereocenters. The van der Waals surface area contributed by atoms with Crippen molar-refractivity contribution in [1.29, 1.82) is 0 Å². The highest BCUT2D eigenvalue weighted by Crippen LogP contribution is 2.23. The standard InChI is InChI=1S/C7H7N3O2S2/c1-4-10-5-6(13-4)8-3-9-7(5)14(2,11)12/h3H,1-2H3. The van der Waals surface area contributed by atoms with Crippen LogP contribution in [-0.2, 0) is 9.84 Å². The molecule has 0 saturated heterocycles. The van der Waals surface area contributed by atoms with Gasteiger partial charge in [-0.2, -0.15) is 0 Å². The van der Waals surface area contributed by atoms with Gasteiger partial charge in [0, 0.05) is 6.26 Å². The number of hydrogen-bond donors (Lipinski definition) is 0. The average molecular weight is 229 g/mol. The summed E-state index contributed by atoms with van der Waals surface area (Å²) < 4.78 is 22.7. The molecule has 0 saturated carbocycles. The molecule has 5 nitrogen and oxygen atoms in total. The molecule has 0 aliphatic rings. The molecule has 0 aromatic carbocycles. The monoisotopic (exact) mass is 229 g/mol. The van der Waals surface area contributed by atoms with Crippen LogP contribution in [0.15, 0.2) is 11.4 Å². The van der Waals surface area contributed by atoms with Gasteiger partial charge in [0.15, 0.2) is 14.9 Å². The number of aromatic nitrogens is 3. The molecule has 0 radical (unpaired) electrons. The molecule has 0 spiro atoms. The number of aryl methyl sites for hydroxylation is 1. The third-order valence-electron chi connectivity index (χ3n) is 1.62. The Balaban J connectivity index is 2.90. The van der Waals surface area contributed by atoms with Crippen molar-refractivity contribution in [2.24, 2.45) is 0 Å². The molecular formula is C7H7N3O2S2. The molecule has 2 heterocycles. The zero-order chi connectivity index (χ0) is 10.3. The van der Waals surface area contributed by atoms with Crippen molar-refractivity contribution < 1.29 is 8.42 Å². The van der Waals surface area contributed by atoms with Gasteiger partial charge in [-0.3, -0.25) is 0 Å². The van der Waals surface area contributed by atoms with E-state index in [0.717, 1.165) is 11.3 Å². The molecule has 0 N–H and O–H groups in total. The van der Waals surface area contributed by atoms with E-state index < -0.39 is 9.84 Å². The maximum absolute atomic E-state index is 11.3. The van der Waals surface area contributed by atoms with E-state index in [9.17, 15) is 8.42 Å². The van der Waals surface area contributed by atoms with Gasteiger partial charge < -0.3 is 0 Å². The van der Waals surface area contributed by atoms with Gasteiger partial charge in [0.2, 0.25) is 0 Å². The molecule has 74 valence electrons. The first kappa shape index (κ1) is 9.47. The largest absolute Gasteiger partial charge is 0.237 e. The van der Waals surface area contributed by atoms with Gasteiger partial charge in [-0.05, 0) is 6.92 Å². The molecule has 0 fully saturated rings. The highest BCUT2D eigenvalue weighted by Gasteiger charge is 2.16. The lowest BCUT2D eigenvalue weighted by atomic mass is 10.6. The maximum Gasteiger partial charge on any atom is 0.195 e. The van der Waals surface area contributed by atoms with Gasteiger partial charge in [-0.1, -0.05) is 11.3 Å². The van der Waals surface area contributed by atoms with Crippen LogP contribution >= 0.6 is 11.3 Å². The van der Waals surface area contributed by atoms with Gasteiger partial charge in [0.25, 0.3) is 0 Å². The lowest BCUT2D eigenvalue weighted by molar-refractivity contribution is 0.599.